The van der Waals surface area contributed by atoms with E-state index >= 15 is 0 Å². The Morgan fingerprint density at radius 1 is 1.33 bits per heavy atom. The summed E-state index contributed by atoms with van der Waals surface area (Å²) >= 11 is 1.94. The molecule has 3 heteroatoms. The summed E-state index contributed by atoms with van der Waals surface area (Å²) in [6, 6.07) is 5.05. The highest BCUT2D eigenvalue weighted by Gasteiger charge is 1.96. The summed E-state index contributed by atoms with van der Waals surface area (Å²) in [5.74, 6) is 2.16. The fourth-order valence-electron chi connectivity index (χ4n) is 1.39. The number of aryl methyl sites for hydroxylation is 1. The predicted molar refractivity (Wildman–Crippen MR) is 67.2 cm³/mol. The molecule has 0 saturated carbocycles. The molecule has 0 amide bonds. The lowest BCUT2D eigenvalue weighted by Crippen LogP contribution is -2.03. The van der Waals surface area contributed by atoms with E-state index < -0.39 is 0 Å². The van der Waals surface area contributed by atoms with Crippen LogP contribution in [0.2, 0.25) is 0 Å². The minimum atomic E-state index is -0.166. The highest BCUT2D eigenvalue weighted by atomic mass is 32.2. The van der Waals surface area contributed by atoms with Gasteiger partial charge in [0.1, 0.15) is 5.82 Å². The number of anilines is 1. The van der Waals surface area contributed by atoms with E-state index in [0.29, 0.717) is 0 Å². The number of rotatable bonds is 6. The van der Waals surface area contributed by atoms with Crippen molar-refractivity contribution in [3.63, 3.8) is 0 Å². The molecule has 1 aromatic rings. The maximum absolute atomic E-state index is 13.0. The number of thioether (sulfide) groups is 1. The summed E-state index contributed by atoms with van der Waals surface area (Å²) in [4.78, 5) is 0. The minimum Gasteiger partial charge on any atom is -0.385 e. The Kier molecular flexibility index (Phi) is 5.54. The highest BCUT2D eigenvalue weighted by molar-refractivity contribution is 7.99. The lowest BCUT2D eigenvalue weighted by Gasteiger charge is -2.07. The third-order valence-corrected chi connectivity index (χ3v) is 3.03. The van der Waals surface area contributed by atoms with Gasteiger partial charge in [-0.2, -0.15) is 11.8 Å². The molecule has 1 rings (SSSR count). The first-order valence-corrected chi connectivity index (χ1v) is 6.46. The zero-order valence-electron chi connectivity index (χ0n) is 9.35. The van der Waals surface area contributed by atoms with E-state index in [1.807, 2.05) is 24.8 Å². The standard InChI is InChI=1S/C12H18FNS/c1-3-15-6-4-5-14-12-8-10(2)7-11(13)9-12/h7-9,14H,3-6H2,1-2H3. The fraction of sp³-hybridized carbons (Fsp3) is 0.500. The monoisotopic (exact) mass is 227 g/mol. The minimum absolute atomic E-state index is 0.166. The average molecular weight is 227 g/mol. The molecule has 15 heavy (non-hydrogen) atoms. The molecule has 0 unspecified atom stereocenters. The van der Waals surface area contributed by atoms with Gasteiger partial charge >= 0.3 is 0 Å². The second-order valence-electron chi connectivity index (χ2n) is 3.49. The van der Waals surface area contributed by atoms with Crippen molar-refractivity contribution in [1.29, 1.82) is 0 Å². The van der Waals surface area contributed by atoms with Crippen LogP contribution in [-0.4, -0.2) is 18.1 Å². The van der Waals surface area contributed by atoms with E-state index in [1.54, 1.807) is 6.07 Å². The van der Waals surface area contributed by atoms with Crippen LogP contribution in [0.5, 0.6) is 0 Å². The number of nitrogens with one attached hydrogen (secondary N) is 1. The Bertz CT molecular complexity index is 281. The third-order valence-electron chi connectivity index (χ3n) is 2.04. The lowest BCUT2D eigenvalue weighted by molar-refractivity contribution is 0.627. The zero-order chi connectivity index (χ0) is 11.1. The van der Waals surface area contributed by atoms with Gasteiger partial charge in [-0.05, 0) is 48.6 Å². The molecular weight excluding hydrogens is 209 g/mol. The Labute approximate surface area is 95.5 Å². The number of hydrogen-bond donors (Lipinski definition) is 1. The molecular formula is C12H18FNS. The molecule has 0 aliphatic rings. The van der Waals surface area contributed by atoms with Gasteiger partial charge in [0.05, 0.1) is 0 Å². The Balaban J connectivity index is 2.31. The van der Waals surface area contributed by atoms with Gasteiger partial charge in [-0.3, -0.25) is 0 Å². The lowest BCUT2D eigenvalue weighted by atomic mass is 10.2. The molecule has 84 valence electrons. The third kappa shape index (κ3) is 5.07. The van der Waals surface area contributed by atoms with E-state index in [-0.39, 0.29) is 5.82 Å². The molecule has 0 atom stereocenters. The maximum Gasteiger partial charge on any atom is 0.125 e. The zero-order valence-corrected chi connectivity index (χ0v) is 10.2. The highest BCUT2D eigenvalue weighted by Crippen LogP contribution is 2.13. The molecule has 1 aromatic carbocycles. The smallest absolute Gasteiger partial charge is 0.125 e. The summed E-state index contributed by atoms with van der Waals surface area (Å²) in [6.07, 6.45) is 1.12. The van der Waals surface area contributed by atoms with Crippen molar-refractivity contribution >= 4 is 17.4 Å². The van der Waals surface area contributed by atoms with Gasteiger partial charge in [-0.25, -0.2) is 4.39 Å². The van der Waals surface area contributed by atoms with Crippen molar-refractivity contribution in [2.24, 2.45) is 0 Å². The maximum atomic E-state index is 13.0. The second kappa shape index (κ2) is 6.72. The second-order valence-corrected chi connectivity index (χ2v) is 4.89. The molecule has 0 bridgehead atoms. The molecule has 1 N–H and O–H groups in total. The molecule has 0 radical (unpaired) electrons. The van der Waals surface area contributed by atoms with Crippen LogP contribution in [0, 0.1) is 12.7 Å². The molecule has 0 aliphatic carbocycles. The molecule has 0 spiro atoms. The van der Waals surface area contributed by atoms with Gasteiger partial charge in [-0.15, -0.1) is 0 Å². The van der Waals surface area contributed by atoms with Crippen molar-refractivity contribution in [2.45, 2.75) is 20.3 Å². The van der Waals surface area contributed by atoms with E-state index in [9.17, 15) is 4.39 Å². The van der Waals surface area contributed by atoms with Crippen LogP contribution >= 0.6 is 11.8 Å². The van der Waals surface area contributed by atoms with Crippen molar-refractivity contribution in [1.82, 2.24) is 0 Å². The first-order chi connectivity index (χ1) is 7.22. The van der Waals surface area contributed by atoms with Crippen LogP contribution in [0.25, 0.3) is 0 Å². The molecule has 0 fully saturated rings. The molecule has 0 saturated heterocycles. The SMILES string of the molecule is CCSCCCNc1cc(C)cc(F)c1. The predicted octanol–water partition coefficient (Wildman–Crippen LogP) is 3.69. The van der Waals surface area contributed by atoms with E-state index in [0.717, 1.165) is 30.0 Å². The van der Waals surface area contributed by atoms with E-state index in [1.165, 1.54) is 11.8 Å². The van der Waals surface area contributed by atoms with Crippen LogP contribution in [0.15, 0.2) is 18.2 Å². The normalized spacial score (nSPS) is 10.3. The van der Waals surface area contributed by atoms with Crippen LogP contribution in [-0.2, 0) is 0 Å². The Morgan fingerprint density at radius 2 is 2.13 bits per heavy atom. The number of halogens is 1. The largest absolute Gasteiger partial charge is 0.385 e. The molecule has 1 nitrogen and oxygen atoms in total. The van der Waals surface area contributed by atoms with Crippen molar-refractivity contribution < 1.29 is 4.39 Å². The van der Waals surface area contributed by atoms with Gasteiger partial charge in [0.2, 0.25) is 0 Å². The molecule has 0 heterocycles. The summed E-state index contributed by atoms with van der Waals surface area (Å²) in [7, 11) is 0. The molecule has 0 aromatic heterocycles. The van der Waals surface area contributed by atoms with Crippen molar-refractivity contribution in [2.75, 3.05) is 23.4 Å². The number of benzene rings is 1. The van der Waals surface area contributed by atoms with Gasteiger partial charge < -0.3 is 5.32 Å². The first-order valence-electron chi connectivity index (χ1n) is 5.31. The Hall–Kier alpha value is -0.700. The van der Waals surface area contributed by atoms with Crippen LogP contribution in [0.3, 0.4) is 0 Å². The van der Waals surface area contributed by atoms with Gasteiger partial charge in [0, 0.05) is 12.2 Å². The summed E-state index contributed by atoms with van der Waals surface area (Å²) in [6.45, 7) is 4.98. The Morgan fingerprint density at radius 3 is 2.80 bits per heavy atom. The van der Waals surface area contributed by atoms with E-state index in [2.05, 4.69) is 12.2 Å². The average Bonchev–Trinajstić information content (AvgIpc) is 2.16. The summed E-state index contributed by atoms with van der Waals surface area (Å²) in [5.41, 5.74) is 1.84. The fourth-order valence-corrected chi connectivity index (χ4v) is 2.03. The molecule has 0 aliphatic heterocycles. The number of hydrogen-bond acceptors (Lipinski definition) is 2. The van der Waals surface area contributed by atoms with Crippen molar-refractivity contribution in [3.8, 4) is 0 Å². The quantitative estimate of drug-likeness (QED) is 0.744. The summed E-state index contributed by atoms with van der Waals surface area (Å²) < 4.78 is 13.0. The topological polar surface area (TPSA) is 12.0 Å². The van der Waals surface area contributed by atoms with Gasteiger partial charge in [0.25, 0.3) is 0 Å². The van der Waals surface area contributed by atoms with Crippen LogP contribution < -0.4 is 5.32 Å². The van der Waals surface area contributed by atoms with Crippen LogP contribution in [0.1, 0.15) is 18.9 Å². The van der Waals surface area contributed by atoms with Crippen molar-refractivity contribution in [3.05, 3.63) is 29.6 Å². The first kappa shape index (κ1) is 12.4. The van der Waals surface area contributed by atoms with Gasteiger partial charge in [-0.1, -0.05) is 6.92 Å². The summed E-state index contributed by atoms with van der Waals surface area (Å²) in [5, 5.41) is 3.23. The van der Waals surface area contributed by atoms with Crippen LogP contribution in [0.4, 0.5) is 10.1 Å². The van der Waals surface area contributed by atoms with E-state index in [4.69, 9.17) is 0 Å². The van der Waals surface area contributed by atoms with Gasteiger partial charge in [0.15, 0.2) is 0 Å².